The Labute approximate surface area is 113 Å². The van der Waals surface area contributed by atoms with E-state index in [0.29, 0.717) is 12.3 Å². The molecule has 1 aromatic rings. The van der Waals surface area contributed by atoms with Crippen molar-refractivity contribution in [3.8, 4) is 5.75 Å². The Morgan fingerprint density at radius 2 is 2.00 bits per heavy atom. The molecule has 19 heavy (non-hydrogen) atoms. The van der Waals surface area contributed by atoms with Crippen LogP contribution in [0.4, 0.5) is 15.8 Å². The van der Waals surface area contributed by atoms with E-state index < -0.39 is 11.9 Å². The second kappa shape index (κ2) is 7.19. The molecule has 0 heterocycles. The third-order valence-corrected chi connectivity index (χ3v) is 3.41. The number of halogens is 1. The Bertz CT molecular complexity index is 409. The average molecular weight is 270 g/mol. The van der Waals surface area contributed by atoms with Gasteiger partial charge in [0, 0.05) is 18.7 Å². The van der Waals surface area contributed by atoms with E-state index in [-0.39, 0.29) is 17.3 Å². The number of anilines is 2. The summed E-state index contributed by atoms with van der Waals surface area (Å²) in [6.07, 6.45) is 1.29. The topological polar surface area (TPSA) is 67.5 Å². The summed E-state index contributed by atoms with van der Waals surface area (Å²) in [5.74, 6) is 0.183. The normalized spacial score (nSPS) is 12.5. The van der Waals surface area contributed by atoms with Gasteiger partial charge in [0.2, 0.25) is 0 Å². The van der Waals surface area contributed by atoms with Crippen molar-refractivity contribution in [3.05, 3.63) is 17.9 Å². The fourth-order valence-electron chi connectivity index (χ4n) is 2.10. The lowest BCUT2D eigenvalue weighted by Crippen LogP contribution is -2.28. The number of ether oxygens (including phenoxy) is 1. The van der Waals surface area contributed by atoms with Crippen LogP contribution in [0, 0.1) is 11.7 Å². The van der Waals surface area contributed by atoms with Gasteiger partial charge in [-0.15, -0.1) is 0 Å². The molecule has 108 valence electrons. The van der Waals surface area contributed by atoms with Crippen molar-refractivity contribution in [2.75, 3.05) is 24.7 Å². The molecule has 4 N–H and O–H groups in total. The van der Waals surface area contributed by atoms with Crippen LogP contribution in [0.1, 0.15) is 26.7 Å². The molecule has 0 radical (unpaired) electrons. The molecule has 0 saturated heterocycles. The molecule has 0 bridgehead atoms. The number of aliphatic hydroxyl groups is 1. The van der Waals surface area contributed by atoms with Gasteiger partial charge in [0.05, 0.1) is 24.6 Å². The molecule has 0 saturated carbocycles. The summed E-state index contributed by atoms with van der Waals surface area (Å²) in [4.78, 5) is 0. The van der Waals surface area contributed by atoms with Gasteiger partial charge in [0.25, 0.3) is 0 Å². The molecule has 0 aromatic heterocycles. The minimum Gasteiger partial charge on any atom is -0.495 e. The Morgan fingerprint density at radius 3 is 2.53 bits per heavy atom. The van der Waals surface area contributed by atoms with Crippen LogP contribution in [0.15, 0.2) is 12.1 Å². The largest absolute Gasteiger partial charge is 0.495 e. The van der Waals surface area contributed by atoms with E-state index in [4.69, 9.17) is 10.5 Å². The van der Waals surface area contributed by atoms with E-state index in [1.54, 1.807) is 0 Å². The highest BCUT2D eigenvalue weighted by atomic mass is 19.1. The van der Waals surface area contributed by atoms with E-state index in [9.17, 15) is 9.50 Å². The van der Waals surface area contributed by atoms with Gasteiger partial charge in [0.1, 0.15) is 11.6 Å². The Morgan fingerprint density at radius 1 is 1.37 bits per heavy atom. The lowest BCUT2D eigenvalue weighted by molar-refractivity contribution is 0.114. The molecule has 0 aliphatic carbocycles. The van der Waals surface area contributed by atoms with Gasteiger partial charge < -0.3 is 20.9 Å². The highest BCUT2D eigenvalue weighted by Gasteiger charge is 2.16. The van der Waals surface area contributed by atoms with Crippen LogP contribution in [0.2, 0.25) is 0 Å². The Balaban J connectivity index is 2.72. The quantitative estimate of drug-likeness (QED) is 0.666. The van der Waals surface area contributed by atoms with Crippen molar-refractivity contribution in [1.29, 1.82) is 0 Å². The number of rotatable bonds is 7. The van der Waals surface area contributed by atoms with Crippen LogP contribution in [-0.2, 0) is 0 Å². The minimum atomic E-state index is -0.502. The third kappa shape index (κ3) is 3.99. The highest BCUT2D eigenvalue weighted by Crippen LogP contribution is 2.28. The molecular formula is C14H23FN2O2. The van der Waals surface area contributed by atoms with Crippen molar-refractivity contribution in [2.24, 2.45) is 5.92 Å². The summed E-state index contributed by atoms with van der Waals surface area (Å²) < 4.78 is 18.7. The first-order valence-corrected chi connectivity index (χ1v) is 6.58. The maximum Gasteiger partial charge on any atom is 0.148 e. The molecule has 1 rings (SSSR count). The van der Waals surface area contributed by atoms with Gasteiger partial charge in [-0.05, 0) is 5.92 Å². The number of hydrogen-bond acceptors (Lipinski definition) is 4. The number of aliphatic hydroxyl groups excluding tert-OH is 1. The molecule has 0 aliphatic heterocycles. The average Bonchev–Trinajstić information content (AvgIpc) is 2.39. The lowest BCUT2D eigenvalue weighted by Gasteiger charge is -2.21. The summed E-state index contributed by atoms with van der Waals surface area (Å²) in [5.41, 5.74) is 6.15. The standard InChI is InChI=1S/C14H23FN2O2/c1-4-9(5-2)13(18)8-17-12-7-14(19-3)11(16)6-10(12)15/h6-7,9,13,17-18H,4-5,8,16H2,1-3H3. The zero-order chi connectivity index (χ0) is 14.4. The number of nitrogen functional groups attached to an aromatic ring is 1. The number of nitrogens with two attached hydrogens (primary N) is 1. The van der Waals surface area contributed by atoms with Crippen molar-refractivity contribution in [1.82, 2.24) is 0 Å². The van der Waals surface area contributed by atoms with E-state index in [0.717, 1.165) is 12.8 Å². The van der Waals surface area contributed by atoms with Crippen molar-refractivity contribution in [2.45, 2.75) is 32.8 Å². The molecule has 0 fully saturated rings. The number of methoxy groups -OCH3 is 1. The van der Waals surface area contributed by atoms with Crippen molar-refractivity contribution < 1.29 is 14.2 Å². The van der Waals surface area contributed by atoms with E-state index in [1.807, 2.05) is 13.8 Å². The maximum atomic E-state index is 13.7. The molecule has 4 nitrogen and oxygen atoms in total. The first kappa shape index (κ1) is 15.6. The first-order valence-electron chi connectivity index (χ1n) is 6.58. The summed E-state index contributed by atoms with van der Waals surface area (Å²) in [5, 5.41) is 12.9. The van der Waals surface area contributed by atoms with E-state index in [1.165, 1.54) is 19.2 Å². The van der Waals surface area contributed by atoms with Gasteiger partial charge in [-0.25, -0.2) is 4.39 Å². The molecule has 5 heteroatoms. The molecule has 1 atom stereocenters. The fraction of sp³-hybridized carbons (Fsp3) is 0.571. The van der Waals surface area contributed by atoms with Crippen LogP contribution in [0.3, 0.4) is 0 Å². The molecule has 1 unspecified atom stereocenters. The van der Waals surface area contributed by atoms with Gasteiger partial charge in [-0.3, -0.25) is 0 Å². The predicted molar refractivity (Wildman–Crippen MR) is 75.9 cm³/mol. The maximum absolute atomic E-state index is 13.7. The Hall–Kier alpha value is -1.49. The van der Waals surface area contributed by atoms with Gasteiger partial charge >= 0.3 is 0 Å². The molecule has 0 amide bonds. The second-order valence-electron chi connectivity index (χ2n) is 4.60. The first-order chi connectivity index (χ1) is 9.03. The second-order valence-corrected chi connectivity index (χ2v) is 4.60. The van der Waals surface area contributed by atoms with Crippen LogP contribution >= 0.6 is 0 Å². The number of nitrogens with one attached hydrogen (secondary N) is 1. The van der Waals surface area contributed by atoms with Gasteiger partial charge in [-0.2, -0.15) is 0 Å². The van der Waals surface area contributed by atoms with E-state index >= 15 is 0 Å². The summed E-state index contributed by atoms with van der Waals surface area (Å²) in [7, 11) is 1.48. The van der Waals surface area contributed by atoms with Crippen LogP contribution in [-0.4, -0.2) is 24.9 Å². The van der Waals surface area contributed by atoms with E-state index in [2.05, 4.69) is 5.32 Å². The third-order valence-electron chi connectivity index (χ3n) is 3.41. The predicted octanol–water partition coefficient (Wildman–Crippen LogP) is 2.63. The Kier molecular flexibility index (Phi) is 5.89. The summed E-state index contributed by atoms with van der Waals surface area (Å²) in [6.45, 7) is 4.37. The zero-order valence-corrected chi connectivity index (χ0v) is 11.7. The molecular weight excluding hydrogens is 247 g/mol. The van der Waals surface area contributed by atoms with Crippen LogP contribution in [0.5, 0.6) is 5.75 Å². The number of hydrogen-bond donors (Lipinski definition) is 3. The lowest BCUT2D eigenvalue weighted by atomic mass is 9.96. The van der Waals surface area contributed by atoms with Crippen molar-refractivity contribution >= 4 is 11.4 Å². The van der Waals surface area contributed by atoms with Crippen LogP contribution < -0.4 is 15.8 Å². The highest BCUT2D eigenvalue weighted by molar-refractivity contribution is 5.62. The smallest absolute Gasteiger partial charge is 0.148 e. The monoisotopic (exact) mass is 270 g/mol. The summed E-state index contributed by atoms with van der Waals surface area (Å²) >= 11 is 0. The number of benzene rings is 1. The minimum absolute atomic E-state index is 0.214. The van der Waals surface area contributed by atoms with Crippen molar-refractivity contribution in [3.63, 3.8) is 0 Å². The van der Waals surface area contributed by atoms with Gasteiger partial charge in [-0.1, -0.05) is 26.7 Å². The zero-order valence-electron chi connectivity index (χ0n) is 11.7. The van der Waals surface area contributed by atoms with Crippen LogP contribution in [0.25, 0.3) is 0 Å². The SMILES string of the molecule is CCC(CC)C(O)CNc1cc(OC)c(N)cc1F. The van der Waals surface area contributed by atoms with Gasteiger partial charge in [0.15, 0.2) is 0 Å². The fourth-order valence-corrected chi connectivity index (χ4v) is 2.10. The molecule has 1 aromatic carbocycles. The molecule has 0 spiro atoms. The molecule has 0 aliphatic rings. The summed E-state index contributed by atoms with van der Waals surface area (Å²) in [6, 6.07) is 2.72.